The van der Waals surface area contributed by atoms with Gasteiger partial charge in [0.05, 0.1) is 23.9 Å². The van der Waals surface area contributed by atoms with Gasteiger partial charge < -0.3 is 4.74 Å². The first-order chi connectivity index (χ1) is 8.40. The Labute approximate surface area is 108 Å². The molecule has 1 saturated carbocycles. The van der Waals surface area contributed by atoms with Gasteiger partial charge in [0.2, 0.25) is 0 Å². The third-order valence-electron chi connectivity index (χ3n) is 3.19. The molecule has 0 bridgehead atoms. The van der Waals surface area contributed by atoms with Crippen LogP contribution >= 0.6 is 12.2 Å². The highest BCUT2D eigenvalue weighted by Gasteiger charge is 2.25. The van der Waals surface area contributed by atoms with Crippen LogP contribution in [0.25, 0.3) is 0 Å². The van der Waals surface area contributed by atoms with E-state index in [1.807, 2.05) is 18.2 Å². The average molecular weight is 247 g/mol. The maximum atomic E-state index is 5.95. The molecule has 1 fully saturated rings. The van der Waals surface area contributed by atoms with Crippen LogP contribution in [0.3, 0.4) is 0 Å². The van der Waals surface area contributed by atoms with Gasteiger partial charge in [-0.05, 0) is 30.6 Å². The molecule has 17 heavy (non-hydrogen) atoms. The van der Waals surface area contributed by atoms with Gasteiger partial charge in [0.15, 0.2) is 0 Å². The molecule has 0 saturated heterocycles. The van der Waals surface area contributed by atoms with E-state index in [4.69, 9.17) is 17.0 Å². The van der Waals surface area contributed by atoms with Crippen LogP contribution in [0.1, 0.15) is 31.2 Å². The Morgan fingerprint density at radius 1 is 1.24 bits per heavy atom. The quantitative estimate of drug-likeness (QED) is 0.598. The Morgan fingerprint density at radius 2 is 2.00 bits per heavy atom. The lowest BCUT2D eigenvalue weighted by molar-refractivity contribution is 0.00486. The van der Waals surface area contributed by atoms with Crippen LogP contribution in [0.15, 0.2) is 35.3 Å². The number of nitrogens with zero attached hydrogens (tertiary/aromatic N) is 1. The molecular weight excluding hydrogens is 230 g/mol. The van der Waals surface area contributed by atoms with Crippen molar-refractivity contribution in [1.82, 2.24) is 0 Å². The van der Waals surface area contributed by atoms with Gasteiger partial charge in [-0.15, -0.1) is 0 Å². The number of hydrogen-bond donors (Lipinski definition) is 0. The Balaban J connectivity index is 1.90. The SMILES string of the molecule is S=C=NC1CCCCC1OCc1ccccc1. The Hall–Kier alpha value is -1.02. The van der Waals surface area contributed by atoms with E-state index in [2.05, 4.69) is 22.3 Å². The molecule has 1 aliphatic rings. The highest BCUT2D eigenvalue weighted by Crippen LogP contribution is 2.24. The molecule has 0 N–H and O–H groups in total. The third kappa shape index (κ3) is 3.74. The summed E-state index contributed by atoms with van der Waals surface area (Å²) < 4.78 is 5.95. The molecule has 2 nitrogen and oxygen atoms in total. The summed E-state index contributed by atoms with van der Waals surface area (Å²) in [5, 5.41) is 2.49. The zero-order valence-electron chi connectivity index (χ0n) is 9.84. The van der Waals surface area contributed by atoms with Crippen LogP contribution in [0.2, 0.25) is 0 Å². The van der Waals surface area contributed by atoms with Crippen molar-refractivity contribution in [2.24, 2.45) is 4.99 Å². The second-order valence-electron chi connectivity index (χ2n) is 4.41. The molecule has 0 aromatic heterocycles. The summed E-state index contributed by atoms with van der Waals surface area (Å²) in [6.07, 6.45) is 4.81. The van der Waals surface area contributed by atoms with Crippen molar-refractivity contribution in [2.75, 3.05) is 0 Å². The minimum atomic E-state index is 0.208. The molecule has 2 unspecified atom stereocenters. The predicted octanol–water partition coefficient (Wildman–Crippen LogP) is 3.62. The van der Waals surface area contributed by atoms with Gasteiger partial charge in [-0.1, -0.05) is 43.2 Å². The molecule has 2 atom stereocenters. The summed E-state index contributed by atoms with van der Waals surface area (Å²) in [5.41, 5.74) is 1.21. The topological polar surface area (TPSA) is 21.6 Å². The number of benzene rings is 1. The van der Waals surface area contributed by atoms with E-state index in [-0.39, 0.29) is 12.1 Å². The summed E-state index contributed by atoms with van der Waals surface area (Å²) in [4.78, 5) is 4.22. The summed E-state index contributed by atoms with van der Waals surface area (Å²) in [7, 11) is 0. The first-order valence-corrected chi connectivity index (χ1v) is 6.53. The molecule has 0 aliphatic heterocycles. The van der Waals surface area contributed by atoms with Crippen LogP contribution in [-0.4, -0.2) is 17.3 Å². The van der Waals surface area contributed by atoms with Crippen molar-refractivity contribution in [3.63, 3.8) is 0 Å². The molecule has 0 radical (unpaired) electrons. The van der Waals surface area contributed by atoms with Gasteiger partial charge in [0.25, 0.3) is 0 Å². The first-order valence-electron chi connectivity index (χ1n) is 6.12. The maximum Gasteiger partial charge on any atom is 0.0864 e. The van der Waals surface area contributed by atoms with Crippen molar-refractivity contribution in [3.8, 4) is 0 Å². The summed E-state index contributed by atoms with van der Waals surface area (Å²) >= 11 is 4.69. The van der Waals surface area contributed by atoms with E-state index in [0.717, 1.165) is 12.8 Å². The number of aliphatic imine (C=N–C) groups is 1. The molecule has 0 heterocycles. The molecule has 0 spiro atoms. The lowest BCUT2D eigenvalue weighted by Crippen LogP contribution is -2.30. The van der Waals surface area contributed by atoms with Crippen LogP contribution in [0.5, 0.6) is 0 Å². The molecular formula is C14H17NOS. The van der Waals surface area contributed by atoms with Gasteiger partial charge in [0.1, 0.15) is 0 Å². The smallest absolute Gasteiger partial charge is 0.0864 e. The van der Waals surface area contributed by atoms with Gasteiger partial charge in [-0.2, -0.15) is 0 Å². The maximum absolute atomic E-state index is 5.95. The number of thiocarbonyl (C=S) groups is 1. The lowest BCUT2D eigenvalue weighted by Gasteiger charge is -2.27. The standard InChI is InChI=1S/C14H17NOS/c17-11-15-13-8-4-5-9-14(13)16-10-12-6-2-1-3-7-12/h1-3,6-7,13-14H,4-5,8-10H2. The normalized spacial score (nSPS) is 24.0. The van der Waals surface area contributed by atoms with Crippen LogP contribution in [0.4, 0.5) is 0 Å². The Kier molecular flexibility index (Phi) is 4.87. The average Bonchev–Trinajstić information content (AvgIpc) is 2.39. The summed E-state index contributed by atoms with van der Waals surface area (Å²) in [6, 6.07) is 10.5. The third-order valence-corrected chi connectivity index (χ3v) is 3.30. The Morgan fingerprint density at radius 3 is 2.76 bits per heavy atom. The van der Waals surface area contributed by atoms with E-state index < -0.39 is 0 Å². The fourth-order valence-electron chi connectivity index (χ4n) is 2.26. The molecule has 1 aromatic rings. The highest BCUT2D eigenvalue weighted by molar-refractivity contribution is 7.78. The second kappa shape index (κ2) is 6.65. The lowest BCUT2D eigenvalue weighted by atomic mass is 9.93. The monoisotopic (exact) mass is 247 g/mol. The molecule has 1 aromatic carbocycles. The van der Waals surface area contributed by atoms with Crippen molar-refractivity contribution < 1.29 is 4.74 Å². The number of ether oxygens (including phenoxy) is 1. The van der Waals surface area contributed by atoms with E-state index in [0.29, 0.717) is 6.61 Å². The van der Waals surface area contributed by atoms with E-state index in [9.17, 15) is 0 Å². The fourth-order valence-corrected chi connectivity index (χ4v) is 2.40. The predicted molar refractivity (Wildman–Crippen MR) is 72.3 cm³/mol. The molecule has 3 heteroatoms. The zero-order chi connectivity index (χ0) is 11.9. The number of isothiocyanates is 1. The van der Waals surface area contributed by atoms with Crippen molar-refractivity contribution >= 4 is 17.4 Å². The minimum absolute atomic E-state index is 0.208. The van der Waals surface area contributed by atoms with Crippen molar-refractivity contribution in [1.29, 1.82) is 0 Å². The van der Waals surface area contributed by atoms with E-state index in [1.165, 1.54) is 18.4 Å². The summed E-state index contributed by atoms with van der Waals surface area (Å²) in [5.74, 6) is 0. The first kappa shape index (κ1) is 12.4. The van der Waals surface area contributed by atoms with Gasteiger partial charge >= 0.3 is 0 Å². The molecule has 1 aliphatic carbocycles. The van der Waals surface area contributed by atoms with Gasteiger partial charge in [-0.25, -0.2) is 4.99 Å². The van der Waals surface area contributed by atoms with Crippen LogP contribution < -0.4 is 0 Å². The van der Waals surface area contributed by atoms with Crippen LogP contribution in [0, 0.1) is 0 Å². The molecule has 2 rings (SSSR count). The van der Waals surface area contributed by atoms with Gasteiger partial charge in [-0.3, -0.25) is 0 Å². The van der Waals surface area contributed by atoms with Gasteiger partial charge in [0, 0.05) is 0 Å². The fraction of sp³-hybridized carbons (Fsp3) is 0.500. The minimum Gasteiger partial charge on any atom is -0.371 e. The molecule has 0 amide bonds. The van der Waals surface area contributed by atoms with Crippen molar-refractivity contribution in [3.05, 3.63) is 35.9 Å². The highest BCUT2D eigenvalue weighted by atomic mass is 32.1. The van der Waals surface area contributed by atoms with Crippen molar-refractivity contribution in [2.45, 2.75) is 44.4 Å². The van der Waals surface area contributed by atoms with E-state index in [1.54, 1.807) is 0 Å². The Bertz CT molecular complexity index is 386. The largest absolute Gasteiger partial charge is 0.371 e. The summed E-state index contributed by atoms with van der Waals surface area (Å²) in [6.45, 7) is 0.662. The molecule has 90 valence electrons. The van der Waals surface area contributed by atoms with Crippen LogP contribution in [-0.2, 0) is 11.3 Å². The van der Waals surface area contributed by atoms with E-state index >= 15 is 0 Å². The number of rotatable bonds is 4. The second-order valence-corrected chi connectivity index (χ2v) is 4.59. The number of hydrogen-bond acceptors (Lipinski definition) is 3. The zero-order valence-corrected chi connectivity index (χ0v) is 10.7.